The maximum absolute atomic E-state index is 13.7. The second-order valence-electron chi connectivity index (χ2n) is 6.20. The van der Waals surface area contributed by atoms with Crippen LogP contribution in [0.25, 0.3) is 11.1 Å². The third-order valence-corrected chi connectivity index (χ3v) is 7.86. The van der Waals surface area contributed by atoms with Gasteiger partial charge in [-0.25, -0.2) is 17.6 Å². The number of carbonyl (C=O) groups excluding carboxylic acids is 1. The smallest absolute Gasteiger partial charge is 0.341 e. The van der Waals surface area contributed by atoms with Crippen LogP contribution in [0.1, 0.15) is 15.9 Å². The summed E-state index contributed by atoms with van der Waals surface area (Å²) in [7, 11) is -1.25. The zero-order valence-corrected chi connectivity index (χ0v) is 18.2. The number of benzene rings is 2. The predicted molar refractivity (Wildman–Crippen MR) is 112 cm³/mol. The number of halogens is 2. The number of phenolic OH excluding ortho intramolecular Hbond substituents is 1. The van der Waals surface area contributed by atoms with Crippen LogP contribution in [-0.4, -0.2) is 33.7 Å². The van der Waals surface area contributed by atoms with Gasteiger partial charge in [-0.05, 0) is 42.0 Å². The highest BCUT2D eigenvalue weighted by Gasteiger charge is 2.23. The van der Waals surface area contributed by atoms with Crippen molar-refractivity contribution in [1.29, 1.82) is 0 Å². The highest BCUT2D eigenvalue weighted by Crippen LogP contribution is 2.42. The fraction of sp³-hybridized carbons (Fsp3) is 0.150. The zero-order valence-electron chi connectivity index (χ0n) is 15.8. The third-order valence-electron chi connectivity index (χ3n) is 4.25. The molecule has 158 valence electrons. The van der Waals surface area contributed by atoms with E-state index in [0.29, 0.717) is 16.9 Å². The predicted octanol–water partition coefficient (Wildman–Crippen LogP) is 4.68. The van der Waals surface area contributed by atoms with Crippen molar-refractivity contribution in [3.8, 4) is 22.6 Å². The number of sulfone groups is 1. The number of carbonyl (C=O) groups is 1. The maximum Gasteiger partial charge on any atom is 0.341 e. The molecule has 0 bridgehead atoms. The second-order valence-corrected chi connectivity index (χ2v) is 10.1. The molecule has 0 aliphatic rings. The first-order chi connectivity index (χ1) is 14.2. The Bertz CT molecular complexity index is 1220. The molecule has 0 spiro atoms. The van der Waals surface area contributed by atoms with Gasteiger partial charge in [-0.1, -0.05) is 17.7 Å². The van der Waals surface area contributed by atoms with Gasteiger partial charge in [0.15, 0.2) is 9.84 Å². The summed E-state index contributed by atoms with van der Waals surface area (Å²) < 4.78 is 49.4. The van der Waals surface area contributed by atoms with Crippen molar-refractivity contribution in [1.82, 2.24) is 0 Å². The Balaban J connectivity index is 1.95. The van der Waals surface area contributed by atoms with Gasteiger partial charge in [0.05, 0.1) is 20.0 Å². The maximum atomic E-state index is 13.7. The minimum atomic E-state index is -3.84. The summed E-state index contributed by atoms with van der Waals surface area (Å²) in [5, 5.41) is 9.98. The molecule has 30 heavy (non-hydrogen) atoms. The summed E-state index contributed by atoms with van der Waals surface area (Å²) in [6.45, 7) is 0. The molecule has 2 aromatic carbocycles. The van der Waals surface area contributed by atoms with Crippen LogP contribution in [-0.2, 0) is 20.3 Å². The van der Waals surface area contributed by atoms with E-state index in [1.54, 1.807) is 0 Å². The molecule has 0 fully saturated rings. The van der Waals surface area contributed by atoms with Gasteiger partial charge < -0.3 is 14.6 Å². The fourth-order valence-electron chi connectivity index (χ4n) is 2.82. The Morgan fingerprint density at radius 2 is 1.87 bits per heavy atom. The Hall–Kier alpha value is -2.62. The molecule has 0 atom stereocenters. The van der Waals surface area contributed by atoms with Crippen LogP contribution in [0.4, 0.5) is 4.39 Å². The van der Waals surface area contributed by atoms with Gasteiger partial charge in [0.25, 0.3) is 0 Å². The van der Waals surface area contributed by atoms with Gasteiger partial charge in [0, 0.05) is 11.1 Å². The minimum absolute atomic E-state index is 0.0228. The van der Waals surface area contributed by atoms with E-state index in [2.05, 4.69) is 4.74 Å². The molecule has 0 aliphatic heterocycles. The number of aromatic hydroxyl groups is 1. The SMILES string of the molecule is COC(=O)c1ccc(CS(=O)(=O)c2cc(-c3cc(F)ccc3OC)c(Cl)s2)cc1O. The molecule has 10 heteroatoms. The lowest BCUT2D eigenvalue weighted by molar-refractivity contribution is 0.0597. The third kappa shape index (κ3) is 4.43. The van der Waals surface area contributed by atoms with Gasteiger partial charge in [-0.3, -0.25) is 0 Å². The monoisotopic (exact) mass is 470 g/mol. The molecule has 0 saturated carbocycles. The van der Waals surface area contributed by atoms with Crippen LogP contribution >= 0.6 is 22.9 Å². The Labute approximate surface area is 181 Å². The van der Waals surface area contributed by atoms with E-state index in [-0.39, 0.29) is 25.4 Å². The Kier molecular flexibility index (Phi) is 6.35. The number of hydrogen-bond acceptors (Lipinski definition) is 7. The number of hydrogen-bond donors (Lipinski definition) is 1. The van der Waals surface area contributed by atoms with E-state index in [9.17, 15) is 22.7 Å². The van der Waals surface area contributed by atoms with Crippen molar-refractivity contribution >= 4 is 38.7 Å². The van der Waals surface area contributed by atoms with Gasteiger partial charge in [0.1, 0.15) is 31.4 Å². The average Bonchev–Trinajstić information content (AvgIpc) is 3.09. The largest absolute Gasteiger partial charge is 0.507 e. The summed E-state index contributed by atoms with van der Waals surface area (Å²) in [6, 6.07) is 9.12. The molecule has 0 radical (unpaired) electrons. The normalized spacial score (nSPS) is 11.3. The topological polar surface area (TPSA) is 89.9 Å². The number of rotatable bonds is 6. The zero-order chi connectivity index (χ0) is 22.1. The highest BCUT2D eigenvalue weighted by atomic mass is 35.5. The average molecular weight is 471 g/mol. The summed E-state index contributed by atoms with van der Waals surface area (Å²) in [5.41, 5.74) is 0.869. The van der Waals surface area contributed by atoms with Crippen LogP contribution < -0.4 is 4.74 Å². The number of phenols is 1. The molecular formula is C20H16ClFO6S2. The Morgan fingerprint density at radius 3 is 2.50 bits per heavy atom. The molecule has 1 aromatic heterocycles. The lowest BCUT2D eigenvalue weighted by Crippen LogP contribution is -2.05. The lowest BCUT2D eigenvalue weighted by atomic mass is 10.1. The summed E-state index contributed by atoms with van der Waals surface area (Å²) in [4.78, 5) is 11.6. The van der Waals surface area contributed by atoms with Gasteiger partial charge >= 0.3 is 5.97 Å². The summed E-state index contributed by atoms with van der Waals surface area (Å²) >= 11 is 7.09. The first-order valence-corrected chi connectivity index (χ1v) is 11.3. The highest BCUT2D eigenvalue weighted by molar-refractivity contribution is 7.92. The second kappa shape index (κ2) is 8.63. The number of esters is 1. The van der Waals surface area contributed by atoms with Gasteiger partial charge in [-0.2, -0.15) is 0 Å². The molecule has 6 nitrogen and oxygen atoms in total. The summed E-state index contributed by atoms with van der Waals surface area (Å²) in [5.74, 6) is -1.72. The Morgan fingerprint density at radius 1 is 1.13 bits per heavy atom. The van der Waals surface area contributed by atoms with E-state index < -0.39 is 27.4 Å². The van der Waals surface area contributed by atoms with Crippen LogP contribution in [0.3, 0.4) is 0 Å². The molecule has 1 N–H and O–H groups in total. The van der Waals surface area contributed by atoms with Crippen molar-refractivity contribution in [3.63, 3.8) is 0 Å². The van der Waals surface area contributed by atoms with E-state index in [1.165, 1.54) is 56.7 Å². The molecule has 0 saturated heterocycles. The number of methoxy groups -OCH3 is 2. The first kappa shape index (κ1) is 22.1. The number of thiophene rings is 1. The summed E-state index contributed by atoms with van der Waals surface area (Å²) in [6.07, 6.45) is 0. The van der Waals surface area contributed by atoms with Crippen LogP contribution in [0.5, 0.6) is 11.5 Å². The van der Waals surface area contributed by atoms with E-state index >= 15 is 0 Å². The molecule has 0 unspecified atom stereocenters. The van der Waals surface area contributed by atoms with Crippen LogP contribution in [0, 0.1) is 5.82 Å². The van der Waals surface area contributed by atoms with E-state index in [0.717, 1.165) is 11.3 Å². The van der Waals surface area contributed by atoms with Crippen molar-refractivity contribution < 1.29 is 32.2 Å². The fourth-order valence-corrected chi connectivity index (χ4v) is 5.98. The molecular weight excluding hydrogens is 455 g/mol. The molecule has 3 aromatic rings. The van der Waals surface area contributed by atoms with Gasteiger partial charge in [0.2, 0.25) is 0 Å². The van der Waals surface area contributed by atoms with Crippen molar-refractivity contribution in [2.24, 2.45) is 0 Å². The number of ether oxygens (including phenoxy) is 2. The van der Waals surface area contributed by atoms with E-state index in [4.69, 9.17) is 16.3 Å². The lowest BCUT2D eigenvalue weighted by Gasteiger charge is -2.07. The molecule has 0 aliphatic carbocycles. The minimum Gasteiger partial charge on any atom is -0.507 e. The molecule has 0 amide bonds. The standard InChI is InChI=1S/C20H16ClFO6S2/c1-27-17-6-4-12(22)8-14(17)15-9-18(29-19(15)21)30(25,26)10-11-3-5-13(16(23)7-11)20(24)28-2/h3-9,23H,10H2,1-2H3. The van der Waals surface area contributed by atoms with Crippen molar-refractivity contribution in [2.45, 2.75) is 9.96 Å². The molecule has 3 rings (SSSR count). The quantitative estimate of drug-likeness (QED) is 0.526. The van der Waals surface area contributed by atoms with Crippen molar-refractivity contribution in [2.75, 3.05) is 14.2 Å². The van der Waals surface area contributed by atoms with E-state index in [1.807, 2.05) is 0 Å². The van der Waals surface area contributed by atoms with Crippen molar-refractivity contribution in [3.05, 3.63) is 63.7 Å². The first-order valence-electron chi connectivity index (χ1n) is 8.42. The molecule has 1 heterocycles. The van der Waals surface area contributed by atoms with Gasteiger partial charge in [-0.15, -0.1) is 11.3 Å². The van der Waals surface area contributed by atoms with Crippen LogP contribution in [0.15, 0.2) is 46.7 Å². The van der Waals surface area contributed by atoms with Crippen LogP contribution in [0.2, 0.25) is 4.34 Å².